The molecular weight excluding hydrogens is 364 g/mol. The van der Waals surface area contributed by atoms with E-state index in [9.17, 15) is 9.59 Å². The first kappa shape index (κ1) is 20.9. The fourth-order valence-electron chi connectivity index (χ4n) is 3.56. The second kappa shape index (κ2) is 11.2. The minimum absolute atomic E-state index is 0.0942. The molecule has 5 nitrogen and oxygen atoms in total. The molecule has 2 aromatic rings. The molecule has 1 aliphatic heterocycles. The number of nitrogens with one attached hydrogen (secondary N) is 1. The molecule has 0 atom stereocenters. The number of amides is 2. The molecule has 29 heavy (non-hydrogen) atoms. The summed E-state index contributed by atoms with van der Waals surface area (Å²) in [7, 11) is 0. The van der Waals surface area contributed by atoms with E-state index in [-0.39, 0.29) is 17.9 Å². The zero-order valence-electron chi connectivity index (χ0n) is 16.9. The van der Waals surface area contributed by atoms with Gasteiger partial charge in [0.15, 0.2) is 0 Å². The van der Waals surface area contributed by atoms with Crippen molar-refractivity contribution in [1.29, 1.82) is 0 Å². The SMILES string of the molecule is O=C(CCc1ccccc1)NC1CCN(C(=O)CCCOc2ccccc2)CC1. The van der Waals surface area contributed by atoms with Crippen molar-refractivity contribution in [2.75, 3.05) is 19.7 Å². The molecule has 1 saturated heterocycles. The van der Waals surface area contributed by atoms with Gasteiger partial charge >= 0.3 is 0 Å². The maximum atomic E-state index is 12.4. The van der Waals surface area contributed by atoms with Crippen LogP contribution in [-0.4, -0.2) is 42.5 Å². The average Bonchev–Trinajstić information content (AvgIpc) is 2.77. The van der Waals surface area contributed by atoms with Crippen LogP contribution < -0.4 is 10.1 Å². The number of benzene rings is 2. The van der Waals surface area contributed by atoms with Gasteiger partial charge in [-0.2, -0.15) is 0 Å². The summed E-state index contributed by atoms with van der Waals surface area (Å²) in [6, 6.07) is 19.9. The minimum Gasteiger partial charge on any atom is -0.494 e. The van der Waals surface area contributed by atoms with Gasteiger partial charge in [0.25, 0.3) is 0 Å². The summed E-state index contributed by atoms with van der Waals surface area (Å²) < 4.78 is 5.64. The first-order valence-electron chi connectivity index (χ1n) is 10.5. The number of ether oxygens (including phenoxy) is 1. The number of hydrogen-bond donors (Lipinski definition) is 1. The third-order valence-electron chi connectivity index (χ3n) is 5.24. The lowest BCUT2D eigenvalue weighted by molar-refractivity contribution is -0.132. The first-order valence-corrected chi connectivity index (χ1v) is 10.5. The average molecular weight is 395 g/mol. The van der Waals surface area contributed by atoms with Gasteiger partial charge in [0, 0.05) is 32.0 Å². The summed E-state index contributed by atoms with van der Waals surface area (Å²) in [6.07, 6.45) is 4.12. The zero-order valence-corrected chi connectivity index (χ0v) is 16.9. The highest BCUT2D eigenvalue weighted by atomic mass is 16.5. The van der Waals surface area contributed by atoms with E-state index in [0.717, 1.165) is 25.0 Å². The molecule has 0 aliphatic carbocycles. The summed E-state index contributed by atoms with van der Waals surface area (Å²) in [5.74, 6) is 1.11. The van der Waals surface area contributed by atoms with E-state index < -0.39 is 0 Å². The van der Waals surface area contributed by atoms with Crippen molar-refractivity contribution < 1.29 is 14.3 Å². The Hall–Kier alpha value is -2.82. The maximum Gasteiger partial charge on any atom is 0.222 e. The van der Waals surface area contributed by atoms with Crippen LogP contribution in [0.2, 0.25) is 0 Å². The smallest absolute Gasteiger partial charge is 0.222 e. The van der Waals surface area contributed by atoms with E-state index >= 15 is 0 Å². The summed E-state index contributed by atoms with van der Waals surface area (Å²) in [5.41, 5.74) is 1.18. The Morgan fingerprint density at radius 1 is 0.931 bits per heavy atom. The number of hydrogen-bond acceptors (Lipinski definition) is 3. The normalized spacial score (nSPS) is 14.4. The lowest BCUT2D eigenvalue weighted by atomic mass is 10.0. The van der Waals surface area contributed by atoms with Gasteiger partial charge in [0.05, 0.1) is 6.61 Å². The molecule has 0 saturated carbocycles. The molecule has 5 heteroatoms. The number of para-hydroxylation sites is 1. The van der Waals surface area contributed by atoms with Crippen LogP contribution in [0.4, 0.5) is 0 Å². The summed E-state index contributed by atoms with van der Waals surface area (Å²) in [6.45, 7) is 1.97. The second-order valence-corrected chi connectivity index (χ2v) is 7.47. The van der Waals surface area contributed by atoms with Crippen molar-refractivity contribution >= 4 is 11.8 Å². The third kappa shape index (κ3) is 7.26. The Kier molecular flexibility index (Phi) is 8.11. The predicted molar refractivity (Wildman–Crippen MR) is 114 cm³/mol. The van der Waals surface area contributed by atoms with E-state index in [0.29, 0.717) is 39.0 Å². The first-order chi connectivity index (χ1) is 14.2. The predicted octanol–water partition coefficient (Wildman–Crippen LogP) is 3.59. The Bertz CT molecular complexity index is 756. The van der Waals surface area contributed by atoms with Crippen LogP contribution in [0.3, 0.4) is 0 Å². The summed E-state index contributed by atoms with van der Waals surface area (Å²) in [5, 5.41) is 3.12. The molecule has 0 unspecified atom stereocenters. The molecule has 154 valence electrons. The van der Waals surface area contributed by atoms with Gasteiger partial charge in [0.1, 0.15) is 5.75 Å². The number of piperidine rings is 1. The van der Waals surface area contributed by atoms with Crippen molar-refractivity contribution in [2.24, 2.45) is 0 Å². The van der Waals surface area contributed by atoms with Crippen molar-refractivity contribution in [3.05, 3.63) is 66.2 Å². The van der Waals surface area contributed by atoms with Gasteiger partial charge in [-0.1, -0.05) is 48.5 Å². The molecule has 0 spiro atoms. The molecule has 1 N–H and O–H groups in total. The van der Waals surface area contributed by atoms with E-state index in [1.807, 2.05) is 65.6 Å². The van der Waals surface area contributed by atoms with Gasteiger partial charge in [-0.15, -0.1) is 0 Å². The molecule has 0 bridgehead atoms. The zero-order chi connectivity index (χ0) is 20.3. The largest absolute Gasteiger partial charge is 0.494 e. The van der Waals surface area contributed by atoms with Crippen LogP contribution in [0, 0.1) is 0 Å². The van der Waals surface area contributed by atoms with E-state index in [2.05, 4.69) is 5.32 Å². The second-order valence-electron chi connectivity index (χ2n) is 7.47. The molecule has 0 radical (unpaired) electrons. The third-order valence-corrected chi connectivity index (χ3v) is 5.24. The molecule has 1 heterocycles. The van der Waals surface area contributed by atoms with Crippen LogP contribution in [0.25, 0.3) is 0 Å². The highest BCUT2D eigenvalue weighted by Crippen LogP contribution is 2.14. The van der Waals surface area contributed by atoms with Crippen LogP contribution >= 0.6 is 0 Å². The fourth-order valence-corrected chi connectivity index (χ4v) is 3.56. The Morgan fingerprint density at radius 2 is 1.59 bits per heavy atom. The van der Waals surface area contributed by atoms with Crippen molar-refractivity contribution in [3.63, 3.8) is 0 Å². The minimum atomic E-state index is 0.0942. The monoisotopic (exact) mass is 394 g/mol. The standard InChI is InChI=1S/C24H30N2O3/c27-23(14-13-20-8-3-1-4-9-20)25-21-15-17-26(18-16-21)24(28)12-7-19-29-22-10-5-2-6-11-22/h1-6,8-11,21H,7,12-19H2,(H,25,27). The van der Waals surface area contributed by atoms with Crippen molar-refractivity contribution in [1.82, 2.24) is 10.2 Å². The van der Waals surface area contributed by atoms with Crippen LogP contribution in [0.5, 0.6) is 5.75 Å². The number of carbonyl (C=O) groups is 2. The molecule has 3 rings (SSSR count). The van der Waals surface area contributed by atoms with E-state index in [4.69, 9.17) is 4.74 Å². The van der Waals surface area contributed by atoms with Crippen LogP contribution in [-0.2, 0) is 16.0 Å². The van der Waals surface area contributed by atoms with Crippen LogP contribution in [0.15, 0.2) is 60.7 Å². The lowest BCUT2D eigenvalue weighted by Crippen LogP contribution is -2.46. The van der Waals surface area contributed by atoms with Gasteiger partial charge in [-0.25, -0.2) is 0 Å². The van der Waals surface area contributed by atoms with Crippen LogP contribution in [0.1, 0.15) is 37.7 Å². The number of nitrogens with zero attached hydrogens (tertiary/aromatic N) is 1. The molecule has 1 fully saturated rings. The maximum absolute atomic E-state index is 12.4. The van der Waals surface area contributed by atoms with Gasteiger partial charge in [-0.05, 0) is 43.4 Å². The summed E-state index contributed by atoms with van der Waals surface area (Å²) >= 11 is 0. The number of aryl methyl sites for hydroxylation is 1. The molecule has 2 aromatic carbocycles. The van der Waals surface area contributed by atoms with Crippen molar-refractivity contribution in [2.45, 2.75) is 44.6 Å². The van der Waals surface area contributed by atoms with Crippen molar-refractivity contribution in [3.8, 4) is 5.75 Å². The topological polar surface area (TPSA) is 58.6 Å². The van der Waals surface area contributed by atoms with Gasteiger partial charge < -0.3 is 15.0 Å². The lowest BCUT2D eigenvalue weighted by Gasteiger charge is -2.32. The van der Waals surface area contributed by atoms with E-state index in [1.165, 1.54) is 5.56 Å². The number of carbonyl (C=O) groups excluding carboxylic acids is 2. The number of rotatable bonds is 9. The Balaban J connectivity index is 1.28. The molecular formula is C24H30N2O3. The molecule has 1 aliphatic rings. The Morgan fingerprint density at radius 3 is 2.28 bits per heavy atom. The highest BCUT2D eigenvalue weighted by molar-refractivity contribution is 5.77. The molecule has 0 aromatic heterocycles. The number of likely N-dealkylation sites (tertiary alicyclic amines) is 1. The summed E-state index contributed by atoms with van der Waals surface area (Å²) in [4.78, 5) is 26.5. The fraction of sp³-hybridized carbons (Fsp3) is 0.417. The Labute approximate surface area is 173 Å². The van der Waals surface area contributed by atoms with E-state index in [1.54, 1.807) is 0 Å². The quantitative estimate of drug-likeness (QED) is 0.662. The molecule has 2 amide bonds. The highest BCUT2D eigenvalue weighted by Gasteiger charge is 2.23. The van der Waals surface area contributed by atoms with Gasteiger partial charge in [0.2, 0.25) is 11.8 Å². The van der Waals surface area contributed by atoms with Gasteiger partial charge in [-0.3, -0.25) is 9.59 Å².